The smallest absolute Gasteiger partial charge is 0.469 e. The van der Waals surface area contributed by atoms with Crippen molar-refractivity contribution < 1.29 is 27.5 Å². The zero-order chi connectivity index (χ0) is 14.3. The van der Waals surface area contributed by atoms with Gasteiger partial charge in [-0.15, -0.1) is 0 Å². The van der Waals surface area contributed by atoms with Gasteiger partial charge in [0.25, 0.3) is 0 Å². The second kappa shape index (κ2) is 7.23. The van der Waals surface area contributed by atoms with Crippen molar-refractivity contribution in [3.8, 4) is 0 Å². The number of methoxy groups -OCH3 is 1. The fourth-order valence-corrected chi connectivity index (χ4v) is 1.24. The Balaban J connectivity index is 4.52. The van der Waals surface area contributed by atoms with Crippen LogP contribution in [0.1, 0.15) is 26.7 Å². The van der Waals surface area contributed by atoms with Gasteiger partial charge in [-0.25, -0.2) is 0 Å². The van der Waals surface area contributed by atoms with Crippen molar-refractivity contribution in [2.24, 2.45) is 5.92 Å². The van der Waals surface area contributed by atoms with Crippen LogP contribution < -0.4 is 0 Å². The number of hydrogen-bond acceptors (Lipinski definition) is 3. The molecule has 0 aliphatic rings. The lowest BCUT2D eigenvalue weighted by Gasteiger charge is -2.24. The van der Waals surface area contributed by atoms with Gasteiger partial charge in [0, 0.05) is 13.1 Å². The molecule has 7 heteroatoms. The molecular formula is C11H18F3NO3. The number of ether oxygens (including phenoxy) is 1. The Morgan fingerprint density at radius 1 is 1.22 bits per heavy atom. The van der Waals surface area contributed by atoms with Gasteiger partial charge in [0.05, 0.1) is 13.5 Å². The molecule has 0 aliphatic carbocycles. The summed E-state index contributed by atoms with van der Waals surface area (Å²) in [5.41, 5.74) is 0. The average molecular weight is 269 g/mol. The Hall–Kier alpha value is -1.27. The molecule has 0 radical (unpaired) electrons. The number of halogens is 3. The molecule has 0 aromatic carbocycles. The quantitative estimate of drug-likeness (QED) is 0.693. The third-order valence-electron chi connectivity index (χ3n) is 2.32. The highest BCUT2D eigenvalue weighted by Crippen LogP contribution is 2.19. The average Bonchev–Trinajstić information content (AvgIpc) is 2.26. The molecule has 0 bridgehead atoms. The van der Waals surface area contributed by atoms with Gasteiger partial charge in [-0.1, -0.05) is 13.8 Å². The van der Waals surface area contributed by atoms with Gasteiger partial charge in [-0.2, -0.15) is 13.2 Å². The zero-order valence-electron chi connectivity index (χ0n) is 10.7. The van der Waals surface area contributed by atoms with Gasteiger partial charge in [0.1, 0.15) is 0 Å². The Morgan fingerprint density at radius 3 is 2.17 bits per heavy atom. The topological polar surface area (TPSA) is 46.6 Å². The summed E-state index contributed by atoms with van der Waals surface area (Å²) >= 11 is 0. The molecule has 0 aliphatic heterocycles. The number of carbonyl (C=O) groups excluding carboxylic acids is 2. The molecule has 0 rings (SSSR count). The van der Waals surface area contributed by atoms with Crippen molar-refractivity contribution >= 4 is 11.9 Å². The van der Waals surface area contributed by atoms with Crippen LogP contribution in [0.3, 0.4) is 0 Å². The lowest BCUT2D eigenvalue weighted by Crippen LogP contribution is -2.43. The minimum Gasteiger partial charge on any atom is -0.469 e. The number of alkyl halides is 3. The van der Waals surface area contributed by atoms with E-state index in [0.717, 1.165) is 7.11 Å². The minimum atomic E-state index is -4.91. The molecular weight excluding hydrogens is 251 g/mol. The molecule has 1 amide bonds. The predicted molar refractivity (Wildman–Crippen MR) is 58.7 cm³/mol. The van der Waals surface area contributed by atoms with Gasteiger partial charge in [-0.3, -0.25) is 9.59 Å². The van der Waals surface area contributed by atoms with Crippen LogP contribution in [-0.4, -0.2) is 43.2 Å². The molecule has 106 valence electrons. The first-order chi connectivity index (χ1) is 8.18. The molecule has 0 spiro atoms. The molecule has 0 unspecified atom stereocenters. The summed E-state index contributed by atoms with van der Waals surface area (Å²) in [6.45, 7) is 3.39. The molecule has 0 saturated heterocycles. The summed E-state index contributed by atoms with van der Waals surface area (Å²) < 4.78 is 41.3. The van der Waals surface area contributed by atoms with E-state index < -0.39 is 18.1 Å². The lowest BCUT2D eigenvalue weighted by molar-refractivity contribution is -0.185. The fourth-order valence-electron chi connectivity index (χ4n) is 1.24. The largest absolute Gasteiger partial charge is 0.471 e. The molecule has 0 aromatic heterocycles. The number of amides is 1. The van der Waals surface area contributed by atoms with E-state index in [1.165, 1.54) is 0 Å². The second-order valence-corrected chi connectivity index (χ2v) is 4.30. The van der Waals surface area contributed by atoms with Crippen molar-refractivity contribution in [2.75, 3.05) is 20.2 Å². The summed E-state index contributed by atoms with van der Waals surface area (Å²) in [6.07, 6.45) is -4.70. The molecule has 0 fully saturated rings. The van der Waals surface area contributed by atoms with Crippen LogP contribution in [0, 0.1) is 5.92 Å². The lowest BCUT2D eigenvalue weighted by atomic mass is 10.1. The summed E-state index contributed by atoms with van der Waals surface area (Å²) in [4.78, 5) is 22.7. The number of hydrogen-bond donors (Lipinski definition) is 0. The summed E-state index contributed by atoms with van der Waals surface area (Å²) in [7, 11) is 1.15. The zero-order valence-corrected chi connectivity index (χ0v) is 10.7. The van der Waals surface area contributed by atoms with Gasteiger partial charge in [0.2, 0.25) is 0 Å². The number of esters is 1. The first-order valence-corrected chi connectivity index (χ1v) is 5.61. The van der Waals surface area contributed by atoms with E-state index in [0.29, 0.717) is 11.3 Å². The molecule has 0 atom stereocenters. The monoisotopic (exact) mass is 269 g/mol. The first-order valence-electron chi connectivity index (χ1n) is 5.61. The maximum absolute atomic E-state index is 12.3. The van der Waals surface area contributed by atoms with Crippen molar-refractivity contribution in [2.45, 2.75) is 32.9 Å². The normalized spacial score (nSPS) is 11.5. The standard InChI is InChI=1S/C11H18F3NO3/c1-8(2)4-6-15(7-5-9(16)18-3)10(17)11(12,13)14/h8H,4-7H2,1-3H3. The van der Waals surface area contributed by atoms with Crippen molar-refractivity contribution in [1.29, 1.82) is 0 Å². The number of carbonyl (C=O) groups is 2. The Kier molecular flexibility index (Phi) is 6.72. The van der Waals surface area contributed by atoms with Crippen LogP contribution in [0.15, 0.2) is 0 Å². The van der Waals surface area contributed by atoms with Crippen molar-refractivity contribution in [3.63, 3.8) is 0 Å². The molecule has 18 heavy (non-hydrogen) atoms. The van der Waals surface area contributed by atoms with Crippen LogP contribution in [0.25, 0.3) is 0 Å². The van der Waals surface area contributed by atoms with Gasteiger partial charge in [0.15, 0.2) is 0 Å². The minimum absolute atomic E-state index is 0.0208. The molecule has 0 saturated carbocycles. The Labute approximate surface area is 104 Å². The highest BCUT2D eigenvalue weighted by Gasteiger charge is 2.42. The van der Waals surface area contributed by atoms with Gasteiger partial charge >= 0.3 is 18.1 Å². The van der Waals surface area contributed by atoms with Crippen LogP contribution in [0.5, 0.6) is 0 Å². The maximum Gasteiger partial charge on any atom is 0.471 e. The predicted octanol–water partition coefficient (Wildman–Crippen LogP) is 1.99. The Morgan fingerprint density at radius 2 is 1.78 bits per heavy atom. The first kappa shape index (κ1) is 16.7. The van der Waals surface area contributed by atoms with Crippen LogP contribution in [0.4, 0.5) is 13.2 Å². The van der Waals surface area contributed by atoms with Gasteiger partial charge in [-0.05, 0) is 12.3 Å². The van der Waals surface area contributed by atoms with Crippen LogP contribution in [0.2, 0.25) is 0 Å². The molecule has 0 aromatic rings. The summed E-state index contributed by atoms with van der Waals surface area (Å²) in [6, 6.07) is 0. The van der Waals surface area contributed by atoms with Crippen LogP contribution >= 0.6 is 0 Å². The molecule has 0 heterocycles. The maximum atomic E-state index is 12.3. The van der Waals surface area contributed by atoms with E-state index in [9.17, 15) is 22.8 Å². The second-order valence-electron chi connectivity index (χ2n) is 4.30. The van der Waals surface area contributed by atoms with E-state index in [4.69, 9.17) is 0 Å². The van der Waals surface area contributed by atoms with E-state index in [2.05, 4.69) is 4.74 Å². The van der Waals surface area contributed by atoms with Crippen molar-refractivity contribution in [1.82, 2.24) is 4.90 Å². The highest BCUT2D eigenvalue weighted by atomic mass is 19.4. The van der Waals surface area contributed by atoms with Crippen LogP contribution in [-0.2, 0) is 14.3 Å². The van der Waals surface area contributed by atoms with E-state index in [1.807, 2.05) is 13.8 Å². The van der Waals surface area contributed by atoms with E-state index >= 15 is 0 Å². The summed E-state index contributed by atoms with van der Waals surface area (Å²) in [5, 5.41) is 0. The van der Waals surface area contributed by atoms with Crippen molar-refractivity contribution in [3.05, 3.63) is 0 Å². The van der Waals surface area contributed by atoms with Gasteiger partial charge < -0.3 is 9.64 Å². The Bertz CT molecular complexity index is 290. The summed E-state index contributed by atoms with van der Waals surface area (Å²) in [5.74, 6) is -2.38. The molecule has 4 nitrogen and oxygen atoms in total. The number of rotatable bonds is 6. The SMILES string of the molecule is COC(=O)CCN(CCC(C)C)C(=O)C(F)(F)F. The third kappa shape index (κ3) is 6.46. The number of nitrogens with zero attached hydrogens (tertiary/aromatic N) is 1. The highest BCUT2D eigenvalue weighted by molar-refractivity contribution is 5.82. The molecule has 0 N–H and O–H groups in total. The third-order valence-corrected chi connectivity index (χ3v) is 2.32. The fraction of sp³-hybridized carbons (Fsp3) is 0.818. The van der Waals surface area contributed by atoms with E-state index in [-0.39, 0.29) is 25.4 Å². The van der Waals surface area contributed by atoms with E-state index in [1.54, 1.807) is 0 Å².